The third-order valence-electron chi connectivity index (χ3n) is 2.29. The molecule has 0 heterocycles. The Hall–Kier alpha value is -1.56. The maximum atomic E-state index is 11.9. The summed E-state index contributed by atoms with van der Waals surface area (Å²) in [5, 5.41) is 2.83. The number of rotatable bonds is 3. The number of carbonyl (C=O) groups is 1. The maximum Gasteiger partial charge on any atom is 0.255 e. The number of anilines is 2. The van der Waals surface area contributed by atoms with Crippen molar-refractivity contribution in [2.45, 2.75) is 0 Å². The molecule has 4 heteroatoms. The van der Waals surface area contributed by atoms with Crippen molar-refractivity contribution in [2.75, 3.05) is 8.85 Å². The average molecular weight is 338 g/mol. The topological polar surface area (TPSA) is 41.1 Å². The van der Waals surface area contributed by atoms with Gasteiger partial charge in [0.1, 0.15) is 0 Å². The summed E-state index contributed by atoms with van der Waals surface area (Å²) in [6, 6.07) is 16.7. The molecule has 2 rings (SSSR count). The Labute approximate surface area is 114 Å². The second kappa shape index (κ2) is 5.67. The van der Waals surface area contributed by atoms with E-state index >= 15 is 0 Å². The Balaban J connectivity index is 2.09. The van der Waals surface area contributed by atoms with Gasteiger partial charge in [0.2, 0.25) is 0 Å². The van der Waals surface area contributed by atoms with Gasteiger partial charge in [-0.05, 0) is 36.4 Å². The van der Waals surface area contributed by atoms with Crippen LogP contribution in [0, 0.1) is 0 Å². The molecule has 0 spiro atoms. The molecule has 0 fully saturated rings. The molecule has 0 bridgehead atoms. The van der Waals surface area contributed by atoms with Crippen LogP contribution in [0.4, 0.5) is 11.4 Å². The molecule has 0 atom stereocenters. The molecular formula is C13H11IN2O. The Bertz CT molecular complexity index is 497. The summed E-state index contributed by atoms with van der Waals surface area (Å²) < 4.78 is 2.98. The van der Waals surface area contributed by atoms with Crippen molar-refractivity contribution in [1.29, 1.82) is 0 Å². The molecule has 86 valence electrons. The van der Waals surface area contributed by atoms with E-state index in [1.54, 1.807) is 12.1 Å². The third kappa shape index (κ3) is 3.20. The first kappa shape index (κ1) is 11.9. The Morgan fingerprint density at radius 1 is 0.882 bits per heavy atom. The van der Waals surface area contributed by atoms with E-state index in [-0.39, 0.29) is 5.91 Å². The molecule has 0 saturated heterocycles. The Morgan fingerprint density at radius 3 is 2.12 bits per heavy atom. The van der Waals surface area contributed by atoms with Crippen LogP contribution < -0.4 is 8.85 Å². The smallest absolute Gasteiger partial charge is 0.255 e. The minimum Gasteiger partial charge on any atom is -0.328 e. The van der Waals surface area contributed by atoms with Crippen molar-refractivity contribution in [1.82, 2.24) is 0 Å². The molecule has 17 heavy (non-hydrogen) atoms. The Kier molecular flexibility index (Phi) is 3.98. The van der Waals surface area contributed by atoms with Crippen molar-refractivity contribution < 1.29 is 4.79 Å². The van der Waals surface area contributed by atoms with Gasteiger partial charge in [0.25, 0.3) is 5.91 Å². The molecule has 0 radical (unpaired) electrons. The Morgan fingerprint density at radius 2 is 1.53 bits per heavy atom. The molecule has 0 saturated carbocycles. The number of nitrogens with one attached hydrogen (secondary N) is 2. The lowest BCUT2D eigenvalue weighted by Crippen LogP contribution is -2.11. The monoisotopic (exact) mass is 338 g/mol. The molecule has 0 aliphatic carbocycles. The first-order valence-corrected chi connectivity index (χ1v) is 6.20. The maximum absolute atomic E-state index is 11.9. The van der Waals surface area contributed by atoms with E-state index in [1.807, 2.05) is 42.5 Å². The minimum atomic E-state index is -0.101. The molecule has 0 aromatic heterocycles. The van der Waals surface area contributed by atoms with Crippen LogP contribution in [0.5, 0.6) is 0 Å². The summed E-state index contributed by atoms with van der Waals surface area (Å²) >= 11 is 2.05. The van der Waals surface area contributed by atoms with Crippen molar-refractivity contribution in [3.8, 4) is 0 Å². The summed E-state index contributed by atoms with van der Waals surface area (Å²) in [6.07, 6.45) is 0. The van der Waals surface area contributed by atoms with E-state index in [0.717, 1.165) is 11.4 Å². The van der Waals surface area contributed by atoms with E-state index in [1.165, 1.54) is 0 Å². The van der Waals surface area contributed by atoms with Gasteiger partial charge in [-0.3, -0.25) is 4.79 Å². The molecule has 2 N–H and O–H groups in total. The summed E-state index contributed by atoms with van der Waals surface area (Å²) in [7, 11) is 0. The van der Waals surface area contributed by atoms with Crippen LogP contribution in [0.2, 0.25) is 0 Å². The number of amides is 1. The molecule has 0 aliphatic rings. The SMILES string of the molecule is O=C(Nc1ccccc1)c1ccc(NI)cc1. The molecule has 1 amide bonds. The molecule has 0 aliphatic heterocycles. The van der Waals surface area contributed by atoms with E-state index in [9.17, 15) is 4.79 Å². The second-order valence-electron chi connectivity index (χ2n) is 3.49. The fraction of sp³-hybridized carbons (Fsp3) is 0. The van der Waals surface area contributed by atoms with E-state index in [0.29, 0.717) is 5.56 Å². The van der Waals surface area contributed by atoms with Gasteiger partial charge in [-0.15, -0.1) is 0 Å². The van der Waals surface area contributed by atoms with Gasteiger partial charge in [-0.2, -0.15) is 0 Å². The van der Waals surface area contributed by atoms with Crippen LogP contribution in [0.3, 0.4) is 0 Å². The number of halogens is 1. The van der Waals surface area contributed by atoms with Gasteiger partial charge in [0.15, 0.2) is 0 Å². The lowest BCUT2D eigenvalue weighted by molar-refractivity contribution is 0.102. The molecule has 2 aromatic rings. The van der Waals surface area contributed by atoms with Gasteiger partial charge in [0, 0.05) is 16.9 Å². The number of hydrogen-bond donors (Lipinski definition) is 2. The predicted molar refractivity (Wildman–Crippen MR) is 78.5 cm³/mol. The van der Waals surface area contributed by atoms with Gasteiger partial charge < -0.3 is 8.85 Å². The molecule has 3 nitrogen and oxygen atoms in total. The van der Waals surface area contributed by atoms with E-state index < -0.39 is 0 Å². The van der Waals surface area contributed by atoms with E-state index in [4.69, 9.17) is 0 Å². The van der Waals surface area contributed by atoms with Crippen molar-refractivity contribution in [3.05, 3.63) is 60.2 Å². The molecule has 0 unspecified atom stereocenters. The van der Waals surface area contributed by atoms with Gasteiger partial charge >= 0.3 is 0 Å². The van der Waals surface area contributed by atoms with Crippen molar-refractivity contribution in [3.63, 3.8) is 0 Å². The van der Waals surface area contributed by atoms with E-state index in [2.05, 4.69) is 31.7 Å². The largest absolute Gasteiger partial charge is 0.328 e. The van der Waals surface area contributed by atoms with Gasteiger partial charge in [0.05, 0.1) is 22.9 Å². The first-order valence-electron chi connectivity index (χ1n) is 5.13. The second-order valence-corrected chi connectivity index (χ2v) is 4.03. The van der Waals surface area contributed by atoms with Crippen LogP contribution >= 0.6 is 22.9 Å². The average Bonchev–Trinajstić information content (AvgIpc) is 2.40. The quantitative estimate of drug-likeness (QED) is 0.662. The van der Waals surface area contributed by atoms with Crippen LogP contribution in [-0.2, 0) is 0 Å². The van der Waals surface area contributed by atoms with Gasteiger partial charge in [-0.1, -0.05) is 18.2 Å². The highest BCUT2D eigenvalue weighted by atomic mass is 127. The predicted octanol–water partition coefficient (Wildman–Crippen LogP) is 3.70. The van der Waals surface area contributed by atoms with Crippen LogP contribution in [-0.4, -0.2) is 5.91 Å². The van der Waals surface area contributed by atoms with Crippen LogP contribution in [0.25, 0.3) is 0 Å². The normalized spacial score (nSPS) is 9.71. The zero-order chi connectivity index (χ0) is 12.1. The first-order chi connectivity index (χ1) is 8.29. The highest BCUT2D eigenvalue weighted by Crippen LogP contribution is 2.13. The fourth-order valence-corrected chi connectivity index (χ4v) is 1.77. The summed E-state index contributed by atoms with van der Waals surface area (Å²) in [6.45, 7) is 0. The minimum absolute atomic E-state index is 0.101. The number of hydrogen-bond acceptors (Lipinski definition) is 2. The lowest BCUT2D eigenvalue weighted by atomic mass is 10.2. The fourth-order valence-electron chi connectivity index (χ4n) is 1.41. The highest BCUT2D eigenvalue weighted by molar-refractivity contribution is 14.1. The summed E-state index contributed by atoms with van der Waals surface area (Å²) in [4.78, 5) is 11.9. The molecule has 2 aromatic carbocycles. The summed E-state index contributed by atoms with van der Waals surface area (Å²) in [5.41, 5.74) is 2.42. The third-order valence-corrected chi connectivity index (χ3v) is 2.91. The van der Waals surface area contributed by atoms with Crippen molar-refractivity contribution >= 4 is 40.1 Å². The number of benzene rings is 2. The lowest BCUT2D eigenvalue weighted by Gasteiger charge is -2.05. The standard InChI is InChI=1S/C13H11IN2O/c14-16-12-8-6-10(7-9-12)13(17)15-11-4-2-1-3-5-11/h1-9,16H,(H,15,17). The van der Waals surface area contributed by atoms with Crippen LogP contribution in [0.1, 0.15) is 10.4 Å². The zero-order valence-electron chi connectivity index (χ0n) is 8.98. The summed E-state index contributed by atoms with van der Waals surface area (Å²) in [5.74, 6) is -0.101. The number of carbonyl (C=O) groups excluding carboxylic acids is 1. The highest BCUT2D eigenvalue weighted by Gasteiger charge is 2.05. The van der Waals surface area contributed by atoms with Crippen molar-refractivity contribution in [2.24, 2.45) is 0 Å². The van der Waals surface area contributed by atoms with Gasteiger partial charge in [-0.25, -0.2) is 0 Å². The number of para-hydroxylation sites is 1. The van der Waals surface area contributed by atoms with Crippen LogP contribution in [0.15, 0.2) is 54.6 Å². The molecular weight excluding hydrogens is 327 g/mol. The zero-order valence-corrected chi connectivity index (χ0v) is 11.1.